The number of benzene rings is 3. The van der Waals surface area contributed by atoms with E-state index in [4.69, 9.17) is 22.1 Å². The molecule has 3 rings (SSSR count). The van der Waals surface area contributed by atoms with Crippen LogP contribution in [0.4, 0.5) is 0 Å². The molecule has 6 nitrogen and oxygen atoms in total. The molecule has 0 spiro atoms. The molecule has 0 unspecified atom stereocenters. The van der Waals surface area contributed by atoms with Gasteiger partial charge in [-0.05, 0) is 53.7 Å². The van der Waals surface area contributed by atoms with Gasteiger partial charge >= 0.3 is 5.97 Å². The SMILES string of the molecule is CCNC(=S)NN=Cc1c(OCc2ccc(C(=O)O)cc2)ccc2ccccc12. The zero-order valence-electron chi connectivity index (χ0n) is 15.9. The standard InChI is InChI=1S/C22H21N3O3S/c1-2-23-22(29)25-24-13-19-18-6-4-3-5-16(18)11-12-20(19)28-14-15-7-9-17(10-8-15)21(26)27/h3-13H,2,14H2,1H3,(H,26,27)(H2,23,25,29). The number of hydrogen-bond donors (Lipinski definition) is 3. The average molecular weight is 407 g/mol. The number of nitrogens with one attached hydrogen (secondary N) is 2. The Bertz CT molecular complexity index is 1050. The van der Waals surface area contributed by atoms with Crippen molar-refractivity contribution in [2.24, 2.45) is 5.10 Å². The molecule has 0 aliphatic heterocycles. The van der Waals surface area contributed by atoms with Gasteiger partial charge in [0.05, 0.1) is 11.8 Å². The van der Waals surface area contributed by atoms with Crippen molar-refractivity contribution < 1.29 is 14.6 Å². The smallest absolute Gasteiger partial charge is 0.335 e. The summed E-state index contributed by atoms with van der Waals surface area (Å²) < 4.78 is 6.02. The fourth-order valence-electron chi connectivity index (χ4n) is 2.79. The summed E-state index contributed by atoms with van der Waals surface area (Å²) in [5.41, 5.74) is 4.74. The highest BCUT2D eigenvalue weighted by Gasteiger charge is 2.08. The summed E-state index contributed by atoms with van der Waals surface area (Å²) >= 11 is 5.13. The van der Waals surface area contributed by atoms with Crippen molar-refractivity contribution in [2.75, 3.05) is 6.54 Å². The number of carboxylic acid groups (broad SMARTS) is 1. The molecule has 7 heteroatoms. The van der Waals surface area contributed by atoms with E-state index in [2.05, 4.69) is 15.8 Å². The topological polar surface area (TPSA) is 83.0 Å². The van der Waals surface area contributed by atoms with E-state index < -0.39 is 5.97 Å². The van der Waals surface area contributed by atoms with Crippen molar-refractivity contribution in [3.05, 3.63) is 77.4 Å². The largest absolute Gasteiger partial charge is 0.488 e. The van der Waals surface area contributed by atoms with Crippen molar-refractivity contribution in [3.8, 4) is 5.75 Å². The van der Waals surface area contributed by atoms with Gasteiger partial charge in [0.25, 0.3) is 0 Å². The number of carboxylic acids is 1. The zero-order chi connectivity index (χ0) is 20.6. The van der Waals surface area contributed by atoms with Crippen LogP contribution < -0.4 is 15.5 Å². The number of rotatable bonds is 7. The van der Waals surface area contributed by atoms with Crippen LogP contribution in [-0.2, 0) is 6.61 Å². The van der Waals surface area contributed by atoms with E-state index in [1.807, 2.05) is 43.3 Å². The Balaban J connectivity index is 1.83. The molecule has 0 aliphatic rings. The first-order valence-electron chi connectivity index (χ1n) is 9.12. The maximum Gasteiger partial charge on any atom is 0.335 e. The van der Waals surface area contributed by atoms with E-state index >= 15 is 0 Å². The van der Waals surface area contributed by atoms with Gasteiger partial charge in [-0.3, -0.25) is 5.43 Å². The molecule has 3 aromatic rings. The highest BCUT2D eigenvalue weighted by atomic mass is 32.1. The lowest BCUT2D eigenvalue weighted by atomic mass is 10.0. The lowest BCUT2D eigenvalue weighted by Gasteiger charge is -2.12. The summed E-state index contributed by atoms with van der Waals surface area (Å²) in [6.45, 7) is 2.98. The van der Waals surface area contributed by atoms with Crippen LogP contribution in [-0.4, -0.2) is 28.9 Å². The molecule has 0 radical (unpaired) electrons. The minimum Gasteiger partial charge on any atom is -0.488 e. The first-order chi connectivity index (χ1) is 14.1. The molecule has 0 aliphatic carbocycles. The predicted octanol–water partition coefficient (Wildman–Crippen LogP) is 3.93. The van der Waals surface area contributed by atoms with Crippen LogP contribution in [0.25, 0.3) is 10.8 Å². The second kappa shape index (κ2) is 9.66. The van der Waals surface area contributed by atoms with Gasteiger partial charge in [0.1, 0.15) is 12.4 Å². The first-order valence-corrected chi connectivity index (χ1v) is 9.53. The number of fused-ring (bicyclic) bond motifs is 1. The summed E-state index contributed by atoms with van der Waals surface area (Å²) in [5, 5.41) is 18.7. The number of nitrogens with zero attached hydrogens (tertiary/aromatic N) is 1. The number of hydrazone groups is 1. The Morgan fingerprint density at radius 2 is 1.90 bits per heavy atom. The average Bonchev–Trinajstić information content (AvgIpc) is 2.73. The van der Waals surface area contributed by atoms with Gasteiger partial charge in [0.15, 0.2) is 5.11 Å². The van der Waals surface area contributed by atoms with E-state index in [-0.39, 0.29) is 5.56 Å². The predicted molar refractivity (Wildman–Crippen MR) is 119 cm³/mol. The van der Waals surface area contributed by atoms with Gasteiger partial charge in [0.2, 0.25) is 0 Å². The highest BCUT2D eigenvalue weighted by Crippen LogP contribution is 2.27. The minimum atomic E-state index is -0.950. The minimum absolute atomic E-state index is 0.245. The summed E-state index contributed by atoms with van der Waals surface area (Å²) in [7, 11) is 0. The zero-order valence-corrected chi connectivity index (χ0v) is 16.7. The van der Waals surface area contributed by atoms with Crippen LogP contribution in [0, 0.1) is 0 Å². The Labute approximate surface area is 174 Å². The van der Waals surface area contributed by atoms with E-state index in [1.54, 1.807) is 30.5 Å². The van der Waals surface area contributed by atoms with E-state index in [1.165, 1.54) is 0 Å². The lowest BCUT2D eigenvalue weighted by Crippen LogP contribution is -2.31. The molecule has 0 amide bonds. The van der Waals surface area contributed by atoms with Gasteiger partial charge in [-0.2, -0.15) is 5.10 Å². The summed E-state index contributed by atoms with van der Waals surface area (Å²) in [6.07, 6.45) is 1.69. The van der Waals surface area contributed by atoms with E-state index in [0.29, 0.717) is 24.0 Å². The molecule has 0 heterocycles. The fourth-order valence-corrected chi connectivity index (χ4v) is 2.99. The van der Waals surface area contributed by atoms with Crippen LogP contribution in [0.15, 0.2) is 65.8 Å². The molecule has 0 saturated carbocycles. The molecule has 0 saturated heterocycles. The van der Waals surface area contributed by atoms with Crippen LogP contribution in [0.5, 0.6) is 5.75 Å². The van der Waals surface area contributed by atoms with Gasteiger partial charge in [-0.1, -0.05) is 42.5 Å². The van der Waals surface area contributed by atoms with Crippen molar-refractivity contribution in [2.45, 2.75) is 13.5 Å². The van der Waals surface area contributed by atoms with Crippen molar-refractivity contribution in [1.82, 2.24) is 10.7 Å². The van der Waals surface area contributed by atoms with Crippen LogP contribution in [0.3, 0.4) is 0 Å². The Morgan fingerprint density at radius 3 is 2.62 bits per heavy atom. The molecule has 3 N–H and O–H groups in total. The van der Waals surface area contributed by atoms with Crippen LogP contribution in [0.2, 0.25) is 0 Å². The van der Waals surface area contributed by atoms with Crippen molar-refractivity contribution in [1.29, 1.82) is 0 Å². The Kier molecular flexibility index (Phi) is 6.76. The number of ether oxygens (including phenoxy) is 1. The molecular weight excluding hydrogens is 386 g/mol. The Hall–Kier alpha value is -3.45. The summed E-state index contributed by atoms with van der Waals surface area (Å²) in [4.78, 5) is 11.0. The van der Waals surface area contributed by atoms with E-state index in [9.17, 15) is 4.79 Å². The molecule has 0 fully saturated rings. The molecule has 0 aromatic heterocycles. The quantitative estimate of drug-likeness (QED) is 0.313. The maximum absolute atomic E-state index is 11.0. The van der Waals surface area contributed by atoms with Crippen molar-refractivity contribution in [3.63, 3.8) is 0 Å². The molecule has 148 valence electrons. The monoisotopic (exact) mass is 407 g/mol. The molecular formula is C22H21N3O3S. The number of thiocarbonyl (C=S) groups is 1. The highest BCUT2D eigenvalue weighted by molar-refractivity contribution is 7.80. The van der Waals surface area contributed by atoms with Gasteiger partial charge in [0, 0.05) is 12.1 Å². The molecule has 3 aromatic carbocycles. The molecule has 0 bridgehead atoms. The van der Waals surface area contributed by atoms with Crippen LogP contribution in [0.1, 0.15) is 28.4 Å². The number of aromatic carboxylic acids is 1. The third-order valence-electron chi connectivity index (χ3n) is 4.22. The first kappa shape index (κ1) is 20.3. The van der Waals surface area contributed by atoms with Gasteiger partial charge in [-0.25, -0.2) is 4.79 Å². The maximum atomic E-state index is 11.0. The second-order valence-corrected chi connectivity index (χ2v) is 6.63. The fraction of sp³-hybridized carbons (Fsp3) is 0.136. The molecule has 29 heavy (non-hydrogen) atoms. The van der Waals surface area contributed by atoms with E-state index in [0.717, 1.165) is 21.9 Å². The van der Waals surface area contributed by atoms with Crippen LogP contribution >= 0.6 is 12.2 Å². The number of hydrogen-bond acceptors (Lipinski definition) is 4. The Morgan fingerprint density at radius 1 is 1.14 bits per heavy atom. The van der Waals surface area contributed by atoms with Gasteiger partial charge in [-0.15, -0.1) is 0 Å². The van der Waals surface area contributed by atoms with Gasteiger partial charge < -0.3 is 15.2 Å². The van der Waals surface area contributed by atoms with Crippen molar-refractivity contribution >= 4 is 40.3 Å². The third-order valence-corrected chi connectivity index (χ3v) is 4.46. The lowest BCUT2D eigenvalue weighted by molar-refractivity contribution is 0.0697. The normalized spacial score (nSPS) is 10.8. The molecule has 0 atom stereocenters. The third kappa shape index (κ3) is 5.30. The summed E-state index contributed by atoms with van der Waals surface area (Å²) in [6, 6.07) is 18.5. The second-order valence-electron chi connectivity index (χ2n) is 6.22. The number of carbonyl (C=O) groups is 1. The summed E-state index contributed by atoms with van der Waals surface area (Å²) in [5.74, 6) is -0.278.